The Labute approximate surface area is 157 Å². The molecule has 1 atom stereocenters. The first kappa shape index (κ1) is 18.6. The van der Waals surface area contributed by atoms with Gasteiger partial charge in [0.25, 0.3) is 5.91 Å². The molecule has 7 heteroatoms. The molecule has 2 aromatic rings. The number of carbonyl (C=O) groups excluding carboxylic acids is 2. The van der Waals surface area contributed by atoms with Gasteiger partial charge in [-0.1, -0.05) is 12.1 Å². The minimum absolute atomic E-state index is 0.227. The highest BCUT2D eigenvalue weighted by Crippen LogP contribution is 2.32. The Bertz CT molecular complexity index is 837. The van der Waals surface area contributed by atoms with E-state index in [1.165, 1.54) is 0 Å². The van der Waals surface area contributed by atoms with E-state index in [1.807, 2.05) is 25.1 Å². The lowest BCUT2D eigenvalue weighted by Crippen LogP contribution is -2.27. The third kappa shape index (κ3) is 4.69. The predicted molar refractivity (Wildman–Crippen MR) is 100 cm³/mol. The van der Waals surface area contributed by atoms with Crippen molar-refractivity contribution < 1.29 is 23.8 Å². The van der Waals surface area contributed by atoms with Crippen LogP contribution in [0.25, 0.3) is 0 Å². The number of nitrogens with one attached hydrogen (secondary N) is 2. The topological polar surface area (TPSA) is 85.9 Å². The molecule has 0 bridgehead atoms. The molecule has 0 unspecified atom stereocenters. The van der Waals surface area contributed by atoms with Crippen LogP contribution in [0, 0.1) is 0 Å². The zero-order chi connectivity index (χ0) is 19.2. The summed E-state index contributed by atoms with van der Waals surface area (Å²) in [5, 5.41) is 5.53. The quantitative estimate of drug-likeness (QED) is 0.841. The predicted octanol–water partition coefficient (Wildman–Crippen LogP) is 3.52. The summed E-state index contributed by atoms with van der Waals surface area (Å²) in [6, 6.07) is 12.1. The number of hydrogen-bond acceptors (Lipinski definition) is 5. The number of ether oxygens (including phenoxy) is 3. The second-order valence-electron chi connectivity index (χ2n) is 6.02. The molecule has 2 aromatic carbocycles. The summed E-state index contributed by atoms with van der Waals surface area (Å²) in [7, 11) is 0. The molecule has 0 aliphatic carbocycles. The van der Waals surface area contributed by atoms with Crippen molar-refractivity contribution in [3.05, 3.63) is 53.6 Å². The molecule has 2 amide bonds. The largest absolute Gasteiger partial charge is 0.486 e. The van der Waals surface area contributed by atoms with Gasteiger partial charge in [0, 0.05) is 11.3 Å². The fraction of sp³-hybridized carbons (Fsp3) is 0.300. The Morgan fingerprint density at radius 1 is 1.11 bits per heavy atom. The average Bonchev–Trinajstić information content (AvgIpc) is 2.68. The normalized spacial score (nSPS) is 13.4. The van der Waals surface area contributed by atoms with Gasteiger partial charge in [-0.2, -0.15) is 0 Å². The molecular formula is C20H22N2O5. The standard InChI is InChI=1S/C20H22N2O5/c1-3-25-20(24)22-16-6-4-5-15(11-16)19(23)21-13(2)14-7-8-17-18(12-14)27-10-9-26-17/h4-8,11-13H,3,9-10H2,1-2H3,(H,21,23)(H,22,24)/t13-/m0/s1. The molecule has 0 spiro atoms. The first-order chi connectivity index (χ1) is 13.1. The van der Waals surface area contributed by atoms with Gasteiger partial charge in [0.1, 0.15) is 13.2 Å². The molecule has 1 heterocycles. The smallest absolute Gasteiger partial charge is 0.411 e. The van der Waals surface area contributed by atoms with Crippen LogP contribution in [-0.2, 0) is 4.74 Å². The number of anilines is 1. The van der Waals surface area contributed by atoms with Crippen LogP contribution in [0.15, 0.2) is 42.5 Å². The molecule has 0 saturated carbocycles. The fourth-order valence-electron chi connectivity index (χ4n) is 2.72. The zero-order valence-electron chi connectivity index (χ0n) is 15.3. The molecule has 1 aliphatic heterocycles. The fourth-order valence-corrected chi connectivity index (χ4v) is 2.72. The Balaban J connectivity index is 1.67. The van der Waals surface area contributed by atoms with Gasteiger partial charge in [0.15, 0.2) is 11.5 Å². The molecular weight excluding hydrogens is 348 g/mol. The highest BCUT2D eigenvalue weighted by atomic mass is 16.6. The van der Waals surface area contributed by atoms with Crippen molar-refractivity contribution in [2.45, 2.75) is 19.9 Å². The van der Waals surface area contributed by atoms with Gasteiger partial charge in [0.2, 0.25) is 0 Å². The van der Waals surface area contributed by atoms with Gasteiger partial charge < -0.3 is 19.5 Å². The summed E-state index contributed by atoms with van der Waals surface area (Å²) in [6.45, 7) is 4.94. The van der Waals surface area contributed by atoms with Crippen molar-refractivity contribution in [2.24, 2.45) is 0 Å². The molecule has 0 aromatic heterocycles. The summed E-state index contributed by atoms with van der Waals surface area (Å²) in [6.07, 6.45) is -0.556. The van der Waals surface area contributed by atoms with Gasteiger partial charge in [-0.15, -0.1) is 0 Å². The lowest BCUT2D eigenvalue weighted by molar-refractivity contribution is 0.0939. The van der Waals surface area contributed by atoms with E-state index in [0.29, 0.717) is 36.0 Å². The Hall–Kier alpha value is -3.22. The number of rotatable bonds is 5. The number of hydrogen-bond donors (Lipinski definition) is 2. The van der Waals surface area contributed by atoms with Gasteiger partial charge >= 0.3 is 6.09 Å². The van der Waals surface area contributed by atoms with Crippen LogP contribution < -0.4 is 20.1 Å². The SMILES string of the molecule is CCOC(=O)Nc1cccc(C(=O)N[C@@H](C)c2ccc3c(c2)OCCO3)c1. The minimum Gasteiger partial charge on any atom is -0.486 e. The van der Waals surface area contributed by atoms with E-state index in [0.717, 1.165) is 5.56 Å². The van der Waals surface area contributed by atoms with E-state index in [1.54, 1.807) is 31.2 Å². The molecule has 27 heavy (non-hydrogen) atoms. The van der Waals surface area contributed by atoms with Crippen molar-refractivity contribution >= 4 is 17.7 Å². The number of amides is 2. The second-order valence-corrected chi connectivity index (χ2v) is 6.02. The van der Waals surface area contributed by atoms with E-state index in [2.05, 4.69) is 10.6 Å². The molecule has 3 rings (SSSR count). The van der Waals surface area contributed by atoms with Crippen LogP contribution in [0.3, 0.4) is 0 Å². The van der Waals surface area contributed by atoms with Crippen LogP contribution in [0.1, 0.15) is 35.8 Å². The number of fused-ring (bicyclic) bond motifs is 1. The molecule has 2 N–H and O–H groups in total. The van der Waals surface area contributed by atoms with Crippen LogP contribution in [0.5, 0.6) is 11.5 Å². The van der Waals surface area contributed by atoms with Gasteiger partial charge in [0.05, 0.1) is 12.6 Å². The van der Waals surface area contributed by atoms with Crippen molar-refractivity contribution in [1.82, 2.24) is 5.32 Å². The molecule has 0 fully saturated rings. The number of carbonyl (C=O) groups is 2. The van der Waals surface area contributed by atoms with Crippen LogP contribution in [0.2, 0.25) is 0 Å². The molecule has 7 nitrogen and oxygen atoms in total. The first-order valence-electron chi connectivity index (χ1n) is 8.81. The third-order valence-electron chi connectivity index (χ3n) is 4.06. The highest BCUT2D eigenvalue weighted by molar-refractivity contribution is 5.96. The first-order valence-corrected chi connectivity index (χ1v) is 8.81. The highest BCUT2D eigenvalue weighted by Gasteiger charge is 2.17. The van der Waals surface area contributed by atoms with E-state index in [4.69, 9.17) is 14.2 Å². The lowest BCUT2D eigenvalue weighted by atomic mass is 10.1. The van der Waals surface area contributed by atoms with Crippen LogP contribution in [0.4, 0.5) is 10.5 Å². The molecule has 0 saturated heterocycles. The summed E-state index contributed by atoms with van der Waals surface area (Å²) in [5.41, 5.74) is 1.84. The monoisotopic (exact) mass is 370 g/mol. The molecule has 142 valence electrons. The van der Waals surface area contributed by atoms with E-state index < -0.39 is 6.09 Å². The lowest BCUT2D eigenvalue weighted by Gasteiger charge is -2.21. The van der Waals surface area contributed by atoms with Crippen molar-refractivity contribution in [1.29, 1.82) is 0 Å². The summed E-state index contributed by atoms with van der Waals surface area (Å²) in [5.74, 6) is 1.15. The maximum absolute atomic E-state index is 12.6. The third-order valence-corrected chi connectivity index (χ3v) is 4.06. The second kappa shape index (κ2) is 8.44. The van der Waals surface area contributed by atoms with Crippen LogP contribution >= 0.6 is 0 Å². The maximum Gasteiger partial charge on any atom is 0.411 e. The zero-order valence-corrected chi connectivity index (χ0v) is 15.3. The maximum atomic E-state index is 12.6. The Morgan fingerprint density at radius 3 is 2.67 bits per heavy atom. The van der Waals surface area contributed by atoms with E-state index in [9.17, 15) is 9.59 Å². The van der Waals surface area contributed by atoms with Crippen LogP contribution in [-0.4, -0.2) is 31.8 Å². The van der Waals surface area contributed by atoms with Gasteiger partial charge in [-0.3, -0.25) is 10.1 Å². The van der Waals surface area contributed by atoms with E-state index in [-0.39, 0.29) is 18.6 Å². The number of benzene rings is 2. The minimum atomic E-state index is -0.556. The Morgan fingerprint density at radius 2 is 1.89 bits per heavy atom. The van der Waals surface area contributed by atoms with E-state index >= 15 is 0 Å². The van der Waals surface area contributed by atoms with Gasteiger partial charge in [-0.05, 0) is 49.7 Å². The summed E-state index contributed by atoms with van der Waals surface area (Å²) < 4.78 is 15.9. The Kier molecular flexibility index (Phi) is 5.80. The van der Waals surface area contributed by atoms with Gasteiger partial charge in [-0.25, -0.2) is 4.79 Å². The summed E-state index contributed by atoms with van der Waals surface area (Å²) >= 11 is 0. The average molecular weight is 370 g/mol. The molecule has 0 radical (unpaired) electrons. The van der Waals surface area contributed by atoms with Crippen molar-refractivity contribution in [3.63, 3.8) is 0 Å². The van der Waals surface area contributed by atoms with Crippen molar-refractivity contribution in [3.8, 4) is 11.5 Å². The molecule has 1 aliphatic rings. The summed E-state index contributed by atoms with van der Waals surface area (Å²) in [4.78, 5) is 24.1. The van der Waals surface area contributed by atoms with Crippen molar-refractivity contribution in [2.75, 3.05) is 25.1 Å².